The molecular formula is C12H19NO2. The van der Waals surface area contributed by atoms with Crippen molar-refractivity contribution in [3.8, 4) is 0 Å². The Morgan fingerprint density at radius 2 is 2.07 bits per heavy atom. The number of amides is 1. The second kappa shape index (κ2) is 7.85. The summed E-state index contributed by atoms with van der Waals surface area (Å²) in [6, 6.07) is 7.56. The summed E-state index contributed by atoms with van der Waals surface area (Å²) >= 11 is 0. The molecule has 0 bridgehead atoms. The third-order valence-electron chi connectivity index (χ3n) is 1.54. The Morgan fingerprint density at radius 1 is 1.40 bits per heavy atom. The number of hydrogen-bond donors (Lipinski definition) is 1. The Labute approximate surface area is 91.5 Å². The molecule has 0 heterocycles. The van der Waals surface area contributed by atoms with Crippen LogP contribution in [0.4, 0.5) is 10.5 Å². The van der Waals surface area contributed by atoms with Crippen LogP contribution in [0.2, 0.25) is 0 Å². The zero-order chi connectivity index (χ0) is 11.7. The van der Waals surface area contributed by atoms with E-state index in [0.717, 1.165) is 11.3 Å². The Hall–Kier alpha value is -1.51. The maximum absolute atomic E-state index is 11.0. The van der Waals surface area contributed by atoms with E-state index in [2.05, 4.69) is 5.32 Å². The van der Waals surface area contributed by atoms with Crippen LogP contribution in [0.25, 0.3) is 0 Å². The van der Waals surface area contributed by atoms with Gasteiger partial charge in [-0.25, -0.2) is 4.79 Å². The van der Waals surface area contributed by atoms with E-state index in [1.165, 1.54) is 0 Å². The lowest BCUT2D eigenvalue weighted by Crippen LogP contribution is -2.13. The smallest absolute Gasteiger partial charge is 0.411 e. The van der Waals surface area contributed by atoms with Gasteiger partial charge >= 0.3 is 6.09 Å². The molecule has 1 N–H and O–H groups in total. The zero-order valence-corrected chi connectivity index (χ0v) is 9.83. The maximum atomic E-state index is 11.0. The lowest BCUT2D eigenvalue weighted by molar-refractivity contribution is 0.168. The van der Waals surface area contributed by atoms with E-state index >= 15 is 0 Å². The highest BCUT2D eigenvalue weighted by molar-refractivity contribution is 5.84. The van der Waals surface area contributed by atoms with Gasteiger partial charge in [0.1, 0.15) is 0 Å². The van der Waals surface area contributed by atoms with E-state index in [0.29, 0.717) is 6.61 Å². The number of nitrogens with one attached hydrogen (secondary N) is 1. The molecule has 0 aliphatic carbocycles. The van der Waals surface area contributed by atoms with E-state index in [1.807, 2.05) is 45.0 Å². The molecule has 1 aromatic carbocycles. The number of anilines is 1. The van der Waals surface area contributed by atoms with Crippen molar-refractivity contribution in [2.45, 2.75) is 27.7 Å². The van der Waals surface area contributed by atoms with Gasteiger partial charge in [-0.05, 0) is 31.5 Å². The number of carbonyl (C=O) groups is 1. The molecule has 3 nitrogen and oxygen atoms in total. The molecule has 0 radical (unpaired) electrons. The molecule has 0 saturated heterocycles. The highest BCUT2D eigenvalue weighted by Gasteiger charge is 2.00. The predicted molar refractivity (Wildman–Crippen MR) is 63.2 cm³/mol. The van der Waals surface area contributed by atoms with Crippen LogP contribution < -0.4 is 5.32 Å². The van der Waals surface area contributed by atoms with Crippen LogP contribution >= 0.6 is 0 Å². The van der Waals surface area contributed by atoms with Crippen LogP contribution in [-0.2, 0) is 4.74 Å². The van der Waals surface area contributed by atoms with E-state index in [-0.39, 0.29) is 0 Å². The van der Waals surface area contributed by atoms with Crippen molar-refractivity contribution in [3.63, 3.8) is 0 Å². The molecule has 15 heavy (non-hydrogen) atoms. The fraction of sp³-hybridized carbons (Fsp3) is 0.417. The number of benzene rings is 1. The minimum Gasteiger partial charge on any atom is -0.450 e. The van der Waals surface area contributed by atoms with Gasteiger partial charge in [0.15, 0.2) is 0 Å². The SMILES string of the molecule is CC.CCOC(=O)Nc1cccc(C)c1. The molecule has 0 atom stereocenters. The first-order valence-corrected chi connectivity index (χ1v) is 5.23. The predicted octanol–water partition coefficient (Wildman–Crippen LogP) is 3.59. The molecule has 84 valence electrons. The minimum atomic E-state index is -0.409. The van der Waals surface area contributed by atoms with Gasteiger partial charge in [0.05, 0.1) is 6.61 Å². The summed E-state index contributed by atoms with van der Waals surface area (Å²) in [6.45, 7) is 8.13. The summed E-state index contributed by atoms with van der Waals surface area (Å²) in [5.41, 5.74) is 1.87. The average Bonchev–Trinajstić information content (AvgIpc) is 2.21. The number of aryl methyl sites for hydroxylation is 1. The topological polar surface area (TPSA) is 38.3 Å². The lowest BCUT2D eigenvalue weighted by atomic mass is 10.2. The summed E-state index contributed by atoms with van der Waals surface area (Å²) in [5, 5.41) is 2.62. The van der Waals surface area contributed by atoms with Crippen molar-refractivity contribution in [1.82, 2.24) is 0 Å². The van der Waals surface area contributed by atoms with Crippen molar-refractivity contribution in [3.05, 3.63) is 29.8 Å². The molecule has 0 fully saturated rings. The lowest BCUT2D eigenvalue weighted by Gasteiger charge is -2.04. The normalized spacial score (nSPS) is 8.53. The monoisotopic (exact) mass is 209 g/mol. The Balaban J connectivity index is 0.000000921. The molecule has 1 aromatic rings. The van der Waals surface area contributed by atoms with Gasteiger partial charge in [-0.3, -0.25) is 5.32 Å². The Morgan fingerprint density at radius 3 is 2.60 bits per heavy atom. The number of rotatable bonds is 2. The highest BCUT2D eigenvalue weighted by Crippen LogP contribution is 2.09. The second-order valence-electron chi connectivity index (χ2n) is 2.71. The first-order valence-electron chi connectivity index (χ1n) is 5.23. The van der Waals surface area contributed by atoms with Crippen molar-refractivity contribution in [2.24, 2.45) is 0 Å². The average molecular weight is 209 g/mol. The largest absolute Gasteiger partial charge is 0.450 e. The van der Waals surface area contributed by atoms with Gasteiger partial charge in [0.2, 0.25) is 0 Å². The minimum absolute atomic E-state index is 0.387. The molecule has 0 saturated carbocycles. The molecule has 0 spiro atoms. The summed E-state index contributed by atoms with van der Waals surface area (Å²) in [6.07, 6.45) is -0.409. The van der Waals surface area contributed by atoms with Crippen LogP contribution in [0.1, 0.15) is 26.3 Å². The fourth-order valence-electron chi connectivity index (χ4n) is 1.01. The Kier molecular flexibility index (Phi) is 7.06. The van der Waals surface area contributed by atoms with Gasteiger partial charge in [0, 0.05) is 5.69 Å². The third-order valence-corrected chi connectivity index (χ3v) is 1.54. The van der Waals surface area contributed by atoms with Crippen molar-refractivity contribution in [2.75, 3.05) is 11.9 Å². The molecule has 1 amide bonds. The van der Waals surface area contributed by atoms with E-state index in [1.54, 1.807) is 6.92 Å². The van der Waals surface area contributed by atoms with Crippen LogP contribution in [0.3, 0.4) is 0 Å². The Bertz CT molecular complexity index is 297. The number of hydrogen-bond acceptors (Lipinski definition) is 2. The summed E-state index contributed by atoms with van der Waals surface area (Å²) in [7, 11) is 0. The molecule has 0 aromatic heterocycles. The first-order chi connectivity index (χ1) is 7.22. The summed E-state index contributed by atoms with van der Waals surface area (Å²) in [5.74, 6) is 0. The fourth-order valence-corrected chi connectivity index (χ4v) is 1.01. The third kappa shape index (κ3) is 5.73. The zero-order valence-electron chi connectivity index (χ0n) is 9.83. The van der Waals surface area contributed by atoms with E-state index in [9.17, 15) is 4.79 Å². The van der Waals surface area contributed by atoms with Crippen molar-refractivity contribution in [1.29, 1.82) is 0 Å². The summed E-state index contributed by atoms with van der Waals surface area (Å²) < 4.78 is 4.74. The van der Waals surface area contributed by atoms with Gasteiger partial charge in [-0.15, -0.1) is 0 Å². The van der Waals surface area contributed by atoms with Crippen LogP contribution in [0.15, 0.2) is 24.3 Å². The number of carbonyl (C=O) groups excluding carboxylic acids is 1. The summed E-state index contributed by atoms with van der Waals surface area (Å²) in [4.78, 5) is 11.0. The standard InChI is InChI=1S/C10H13NO2.C2H6/c1-3-13-10(12)11-9-6-4-5-8(2)7-9;1-2/h4-7H,3H2,1-2H3,(H,11,12);1-2H3. The van der Waals surface area contributed by atoms with E-state index < -0.39 is 6.09 Å². The van der Waals surface area contributed by atoms with Gasteiger partial charge < -0.3 is 4.74 Å². The van der Waals surface area contributed by atoms with Gasteiger partial charge in [0.25, 0.3) is 0 Å². The van der Waals surface area contributed by atoms with Gasteiger partial charge in [-0.1, -0.05) is 26.0 Å². The van der Waals surface area contributed by atoms with E-state index in [4.69, 9.17) is 4.74 Å². The van der Waals surface area contributed by atoms with Crippen LogP contribution in [0.5, 0.6) is 0 Å². The quantitative estimate of drug-likeness (QED) is 0.808. The maximum Gasteiger partial charge on any atom is 0.411 e. The molecule has 0 aliphatic heterocycles. The number of ether oxygens (including phenoxy) is 1. The molecule has 1 rings (SSSR count). The molecule has 3 heteroatoms. The second-order valence-corrected chi connectivity index (χ2v) is 2.71. The molecule has 0 aliphatic rings. The van der Waals surface area contributed by atoms with Gasteiger partial charge in [-0.2, -0.15) is 0 Å². The van der Waals surface area contributed by atoms with Crippen molar-refractivity contribution < 1.29 is 9.53 Å². The molecular weight excluding hydrogens is 190 g/mol. The van der Waals surface area contributed by atoms with Crippen LogP contribution in [0, 0.1) is 6.92 Å². The van der Waals surface area contributed by atoms with Crippen molar-refractivity contribution >= 4 is 11.8 Å². The highest BCUT2D eigenvalue weighted by atomic mass is 16.5. The van der Waals surface area contributed by atoms with Crippen LogP contribution in [-0.4, -0.2) is 12.7 Å². The first kappa shape index (κ1) is 13.5. The molecule has 0 unspecified atom stereocenters.